The normalized spacial score (nSPS) is 11.1. The van der Waals surface area contributed by atoms with Gasteiger partial charge in [-0.2, -0.15) is 0 Å². The lowest BCUT2D eigenvalue weighted by Gasteiger charge is -2.19. The summed E-state index contributed by atoms with van der Waals surface area (Å²) in [5.41, 5.74) is 7.92. The van der Waals surface area contributed by atoms with Crippen LogP contribution in [-0.4, -0.2) is 10.9 Å². The minimum atomic E-state index is -0.403. The third-order valence-corrected chi connectivity index (χ3v) is 2.83. The van der Waals surface area contributed by atoms with Crippen LogP contribution in [0.2, 0.25) is 0 Å². The molecule has 3 N–H and O–H groups in total. The molecule has 0 aliphatic heterocycles. The summed E-state index contributed by atoms with van der Waals surface area (Å²) in [5, 5.41) is 2.81. The molecule has 0 fully saturated rings. The first-order valence-electron chi connectivity index (χ1n) is 6.07. The summed E-state index contributed by atoms with van der Waals surface area (Å²) in [6.07, 6.45) is 3.27. The second-order valence-electron chi connectivity index (χ2n) is 4.99. The molecule has 0 saturated heterocycles. The summed E-state index contributed by atoms with van der Waals surface area (Å²) in [5.74, 6) is -0.146. The third-order valence-electron chi connectivity index (χ3n) is 2.83. The molecule has 2 rings (SSSR count). The van der Waals surface area contributed by atoms with Crippen molar-refractivity contribution in [1.82, 2.24) is 4.98 Å². The van der Waals surface area contributed by atoms with Gasteiger partial charge in [0.2, 0.25) is 0 Å². The fraction of sp³-hybridized carbons (Fsp3) is 0.200. The number of rotatable bonds is 3. The smallest absolute Gasteiger partial charge is 0.255 e. The van der Waals surface area contributed by atoms with Crippen LogP contribution in [0.4, 0.5) is 5.69 Å². The Kier molecular flexibility index (Phi) is 3.62. The van der Waals surface area contributed by atoms with E-state index in [0.29, 0.717) is 5.56 Å². The zero-order valence-electron chi connectivity index (χ0n) is 11.1. The standard InChI is InChI=1S/C15H17N3O/c1-15(2,16)12-5-3-11(4-6-12)14(19)18-13-7-9-17-10-8-13/h3-10H,16H2,1-2H3,(H,17,18,19). The number of amides is 1. The van der Waals surface area contributed by atoms with E-state index in [4.69, 9.17) is 5.73 Å². The third kappa shape index (κ3) is 3.39. The Morgan fingerprint density at radius 1 is 1.11 bits per heavy atom. The van der Waals surface area contributed by atoms with Crippen LogP contribution in [0.5, 0.6) is 0 Å². The number of pyridine rings is 1. The lowest BCUT2D eigenvalue weighted by molar-refractivity contribution is 0.102. The fourth-order valence-electron chi connectivity index (χ4n) is 1.69. The van der Waals surface area contributed by atoms with E-state index in [-0.39, 0.29) is 5.91 Å². The molecule has 1 amide bonds. The van der Waals surface area contributed by atoms with Gasteiger partial charge in [0.05, 0.1) is 0 Å². The van der Waals surface area contributed by atoms with Crippen molar-refractivity contribution in [3.63, 3.8) is 0 Å². The van der Waals surface area contributed by atoms with Gasteiger partial charge in [-0.3, -0.25) is 9.78 Å². The van der Waals surface area contributed by atoms with E-state index in [1.54, 1.807) is 36.7 Å². The van der Waals surface area contributed by atoms with E-state index < -0.39 is 5.54 Å². The maximum absolute atomic E-state index is 12.0. The van der Waals surface area contributed by atoms with E-state index >= 15 is 0 Å². The molecule has 0 radical (unpaired) electrons. The zero-order valence-corrected chi connectivity index (χ0v) is 11.1. The number of carbonyl (C=O) groups is 1. The topological polar surface area (TPSA) is 68.0 Å². The van der Waals surface area contributed by atoms with Crippen LogP contribution in [0.15, 0.2) is 48.8 Å². The predicted octanol–water partition coefficient (Wildman–Crippen LogP) is 2.53. The van der Waals surface area contributed by atoms with E-state index in [2.05, 4.69) is 10.3 Å². The van der Waals surface area contributed by atoms with E-state index in [1.807, 2.05) is 26.0 Å². The number of hydrogen-bond acceptors (Lipinski definition) is 3. The quantitative estimate of drug-likeness (QED) is 0.885. The zero-order chi connectivity index (χ0) is 13.9. The van der Waals surface area contributed by atoms with Gasteiger partial charge in [0.1, 0.15) is 0 Å². The van der Waals surface area contributed by atoms with E-state index in [9.17, 15) is 4.79 Å². The molecule has 0 spiro atoms. The minimum absolute atomic E-state index is 0.146. The molecule has 0 saturated carbocycles. The SMILES string of the molecule is CC(C)(N)c1ccc(C(=O)Nc2ccncc2)cc1. The molecule has 98 valence electrons. The van der Waals surface area contributed by atoms with Crippen LogP contribution in [-0.2, 0) is 5.54 Å². The van der Waals surface area contributed by atoms with Gasteiger partial charge < -0.3 is 11.1 Å². The van der Waals surface area contributed by atoms with Gasteiger partial charge in [0.25, 0.3) is 5.91 Å². The number of anilines is 1. The number of nitrogens with one attached hydrogen (secondary N) is 1. The van der Waals surface area contributed by atoms with Gasteiger partial charge in [0.15, 0.2) is 0 Å². The molecule has 4 heteroatoms. The average Bonchev–Trinajstić information content (AvgIpc) is 2.39. The van der Waals surface area contributed by atoms with Crippen molar-refractivity contribution in [3.05, 3.63) is 59.9 Å². The number of nitrogens with two attached hydrogens (primary N) is 1. The Morgan fingerprint density at radius 2 is 1.68 bits per heavy atom. The van der Waals surface area contributed by atoms with Crippen LogP contribution in [0.3, 0.4) is 0 Å². The van der Waals surface area contributed by atoms with E-state index in [1.165, 1.54) is 0 Å². The second kappa shape index (κ2) is 5.20. The van der Waals surface area contributed by atoms with Crippen LogP contribution >= 0.6 is 0 Å². The molecule has 1 aromatic carbocycles. The summed E-state index contributed by atoms with van der Waals surface area (Å²) >= 11 is 0. The highest BCUT2D eigenvalue weighted by Crippen LogP contribution is 2.17. The van der Waals surface area contributed by atoms with Gasteiger partial charge in [-0.1, -0.05) is 12.1 Å². The summed E-state index contributed by atoms with van der Waals surface area (Å²) < 4.78 is 0. The molecule has 1 aromatic heterocycles. The maximum Gasteiger partial charge on any atom is 0.255 e. The Hall–Kier alpha value is -2.20. The first-order valence-corrected chi connectivity index (χ1v) is 6.07. The Labute approximate surface area is 112 Å². The van der Waals surface area contributed by atoms with Gasteiger partial charge in [-0.25, -0.2) is 0 Å². The van der Waals surface area contributed by atoms with Crippen molar-refractivity contribution in [1.29, 1.82) is 0 Å². The molecule has 4 nitrogen and oxygen atoms in total. The van der Waals surface area contributed by atoms with Crippen molar-refractivity contribution >= 4 is 11.6 Å². The van der Waals surface area contributed by atoms with Gasteiger partial charge in [0, 0.05) is 29.2 Å². The number of benzene rings is 1. The summed E-state index contributed by atoms with van der Waals surface area (Å²) in [4.78, 5) is 15.9. The summed E-state index contributed by atoms with van der Waals surface area (Å²) in [7, 11) is 0. The lowest BCUT2D eigenvalue weighted by Crippen LogP contribution is -2.28. The largest absolute Gasteiger partial charge is 0.322 e. The molecular formula is C15H17N3O. The number of hydrogen-bond donors (Lipinski definition) is 2. The van der Waals surface area contributed by atoms with Gasteiger partial charge in [-0.15, -0.1) is 0 Å². The molecule has 0 aliphatic carbocycles. The summed E-state index contributed by atoms with van der Waals surface area (Å²) in [6, 6.07) is 10.8. The molecule has 2 aromatic rings. The van der Waals surface area contributed by atoms with Crippen molar-refractivity contribution in [2.75, 3.05) is 5.32 Å². The number of carbonyl (C=O) groups excluding carboxylic acids is 1. The average molecular weight is 255 g/mol. The molecular weight excluding hydrogens is 238 g/mol. The van der Waals surface area contributed by atoms with Crippen molar-refractivity contribution in [3.8, 4) is 0 Å². The highest BCUT2D eigenvalue weighted by Gasteiger charge is 2.14. The van der Waals surface area contributed by atoms with Crippen molar-refractivity contribution < 1.29 is 4.79 Å². The highest BCUT2D eigenvalue weighted by molar-refractivity contribution is 6.04. The minimum Gasteiger partial charge on any atom is -0.322 e. The molecule has 0 atom stereocenters. The molecule has 0 unspecified atom stereocenters. The monoisotopic (exact) mass is 255 g/mol. The van der Waals surface area contributed by atoms with Crippen LogP contribution in [0.25, 0.3) is 0 Å². The van der Waals surface area contributed by atoms with Crippen LogP contribution in [0.1, 0.15) is 29.8 Å². The number of aromatic nitrogens is 1. The van der Waals surface area contributed by atoms with Gasteiger partial charge in [-0.05, 0) is 43.7 Å². The fourth-order valence-corrected chi connectivity index (χ4v) is 1.69. The Balaban J connectivity index is 2.12. The molecule has 0 bridgehead atoms. The number of nitrogens with zero attached hydrogens (tertiary/aromatic N) is 1. The predicted molar refractivity (Wildman–Crippen MR) is 75.8 cm³/mol. The van der Waals surface area contributed by atoms with Crippen molar-refractivity contribution in [2.45, 2.75) is 19.4 Å². The van der Waals surface area contributed by atoms with Crippen LogP contribution < -0.4 is 11.1 Å². The van der Waals surface area contributed by atoms with Crippen LogP contribution in [0, 0.1) is 0 Å². The maximum atomic E-state index is 12.0. The highest BCUT2D eigenvalue weighted by atomic mass is 16.1. The second-order valence-corrected chi connectivity index (χ2v) is 4.99. The molecule has 1 heterocycles. The molecule has 19 heavy (non-hydrogen) atoms. The lowest BCUT2D eigenvalue weighted by atomic mass is 9.95. The van der Waals surface area contributed by atoms with E-state index in [0.717, 1.165) is 11.3 Å². The van der Waals surface area contributed by atoms with Gasteiger partial charge >= 0.3 is 0 Å². The molecule has 0 aliphatic rings. The first kappa shape index (κ1) is 13.2. The van der Waals surface area contributed by atoms with Crippen molar-refractivity contribution in [2.24, 2.45) is 5.73 Å². The first-order chi connectivity index (χ1) is 8.97. The Bertz CT molecular complexity index is 556. The summed E-state index contributed by atoms with van der Waals surface area (Å²) in [6.45, 7) is 3.86. The Morgan fingerprint density at radius 3 is 2.21 bits per heavy atom.